The Morgan fingerprint density at radius 2 is 1.74 bits per heavy atom. The summed E-state index contributed by atoms with van der Waals surface area (Å²) >= 11 is 12.0. The van der Waals surface area contributed by atoms with Crippen molar-refractivity contribution in [2.75, 3.05) is 24.2 Å². The van der Waals surface area contributed by atoms with E-state index in [0.29, 0.717) is 15.9 Å². The number of hydrogen-bond acceptors (Lipinski definition) is 4. The number of amides is 2. The standard InChI is InChI=1S/C22H24Cl2F3N3O4S/c1-4-19(21(32)28-2)29(12-14-8-9-17(23)18(24)10-14)20(31)13-30(35(3,33)34)16-7-5-6-15(11-16)22(25,26)27/h5-11,19H,4,12-13H2,1-3H3,(H,28,32). The molecule has 7 nitrogen and oxygen atoms in total. The topological polar surface area (TPSA) is 86.8 Å². The van der Waals surface area contributed by atoms with Gasteiger partial charge in [-0.05, 0) is 42.3 Å². The van der Waals surface area contributed by atoms with E-state index in [2.05, 4.69) is 5.32 Å². The van der Waals surface area contributed by atoms with Gasteiger partial charge >= 0.3 is 6.18 Å². The first kappa shape index (κ1) is 28.7. The molecule has 0 aliphatic rings. The van der Waals surface area contributed by atoms with E-state index in [-0.39, 0.29) is 28.7 Å². The summed E-state index contributed by atoms with van der Waals surface area (Å²) in [7, 11) is -2.79. The average Bonchev–Trinajstić information content (AvgIpc) is 2.78. The first-order valence-electron chi connectivity index (χ1n) is 10.3. The predicted octanol–water partition coefficient (Wildman–Crippen LogP) is 4.33. The fraction of sp³-hybridized carbons (Fsp3) is 0.364. The highest BCUT2D eigenvalue weighted by molar-refractivity contribution is 7.92. The summed E-state index contributed by atoms with van der Waals surface area (Å²) in [4.78, 5) is 27.0. The van der Waals surface area contributed by atoms with Gasteiger partial charge in [0.2, 0.25) is 21.8 Å². The second-order valence-corrected chi connectivity index (χ2v) is 10.3. The minimum Gasteiger partial charge on any atom is -0.357 e. The Hall–Kier alpha value is -2.50. The molecule has 0 saturated carbocycles. The molecule has 1 atom stereocenters. The molecule has 1 N–H and O–H groups in total. The maximum Gasteiger partial charge on any atom is 0.416 e. The second-order valence-electron chi connectivity index (χ2n) is 7.63. The van der Waals surface area contributed by atoms with Gasteiger partial charge in [-0.25, -0.2) is 8.42 Å². The quantitative estimate of drug-likeness (QED) is 0.500. The summed E-state index contributed by atoms with van der Waals surface area (Å²) < 4.78 is 65.1. The Balaban J connectivity index is 2.49. The van der Waals surface area contributed by atoms with Gasteiger partial charge in [0.25, 0.3) is 0 Å². The van der Waals surface area contributed by atoms with Gasteiger partial charge in [0.1, 0.15) is 12.6 Å². The third-order valence-corrected chi connectivity index (χ3v) is 6.99. The number of carbonyl (C=O) groups is 2. The molecule has 0 bridgehead atoms. The van der Waals surface area contributed by atoms with Crippen LogP contribution in [0.4, 0.5) is 18.9 Å². The molecular formula is C22H24Cl2F3N3O4S. The van der Waals surface area contributed by atoms with Crippen molar-refractivity contribution in [3.05, 3.63) is 63.6 Å². The molecule has 0 radical (unpaired) electrons. The van der Waals surface area contributed by atoms with Crippen LogP contribution in [0.2, 0.25) is 10.0 Å². The van der Waals surface area contributed by atoms with Crippen molar-refractivity contribution < 1.29 is 31.2 Å². The minimum absolute atomic E-state index is 0.123. The number of likely N-dealkylation sites (N-methyl/N-ethyl adjacent to an activating group) is 1. The van der Waals surface area contributed by atoms with E-state index >= 15 is 0 Å². The van der Waals surface area contributed by atoms with Gasteiger partial charge in [0.15, 0.2) is 0 Å². The number of nitrogens with zero attached hydrogens (tertiary/aromatic N) is 2. The van der Waals surface area contributed by atoms with Gasteiger partial charge in [0, 0.05) is 13.6 Å². The van der Waals surface area contributed by atoms with Gasteiger partial charge < -0.3 is 10.2 Å². The Kier molecular flexibility index (Phi) is 9.43. The number of alkyl halides is 3. The molecule has 0 aliphatic heterocycles. The molecule has 0 saturated heterocycles. The van der Waals surface area contributed by atoms with Gasteiger partial charge in [-0.2, -0.15) is 13.2 Å². The fourth-order valence-corrected chi connectivity index (χ4v) is 4.53. The van der Waals surface area contributed by atoms with Crippen molar-refractivity contribution in [2.24, 2.45) is 0 Å². The highest BCUT2D eigenvalue weighted by atomic mass is 35.5. The number of benzene rings is 2. The van der Waals surface area contributed by atoms with E-state index < -0.39 is 46.2 Å². The molecule has 2 rings (SSSR count). The summed E-state index contributed by atoms with van der Waals surface area (Å²) in [6.45, 7) is 0.715. The summed E-state index contributed by atoms with van der Waals surface area (Å²) in [5.74, 6) is -1.29. The molecule has 35 heavy (non-hydrogen) atoms. The van der Waals surface area contributed by atoms with Gasteiger partial charge in [-0.1, -0.05) is 42.3 Å². The lowest BCUT2D eigenvalue weighted by Gasteiger charge is -2.32. The van der Waals surface area contributed by atoms with Crippen LogP contribution in [0.3, 0.4) is 0 Å². The number of carbonyl (C=O) groups excluding carboxylic acids is 2. The van der Waals surface area contributed by atoms with E-state index in [0.717, 1.165) is 29.4 Å². The van der Waals surface area contributed by atoms with Crippen LogP contribution < -0.4 is 9.62 Å². The molecule has 0 aliphatic carbocycles. The van der Waals surface area contributed by atoms with E-state index in [9.17, 15) is 31.2 Å². The van der Waals surface area contributed by atoms with Crippen LogP contribution in [0, 0.1) is 0 Å². The number of nitrogens with one attached hydrogen (secondary N) is 1. The summed E-state index contributed by atoms with van der Waals surface area (Å²) in [6.07, 6.45) is -3.75. The molecule has 2 aromatic rings. The number of anilines is 1. The van der Waals surface area contributed by atoms with Crippen LogP contribution in [-0.4, -0.2) is 51.0 Å². The molecular weight excluding hydrogens is 530 g/mol. The Morgan fingerprint density at radius 1 is 1.09 bits per heavy atom. The SMILES string of the molecule is CCC(C(=O)NC)N(Cc1ccc(Cl)c(Cl)c1)C(=O)CN(c1cccc(C(F)(F)F)c1)S(C)(=O)=O. The molecule has 0 aromatic heterocycles. The lowest BCUT2D eigenvalue weighted by molar-refractivity contribution is -0.140. The van der Waals surface area contributed by atoms with E-state index in [1.54, 1.807) is 13.0 Å². The first-order chi connectivity index (χ1) is 16.2. The van der Waals surface area contributed by atoms with E-state index in [4.69, 9.17) is 23.2 Å². The predicted molar refractivity (Wildman–Crippen MR) is 129 cm³/mol. The number of rotatable bonds is 9. The maximum absolute atomic E-state index is 13.4. The number of hydrogen-bond donors (Lipinski definition) is 1. The molecule has 1 unspecified atom stereocenters. The lowest BCUT2D eigenvalue weighted by Crippen LogP contribution is -2.51. The van der Waals surface area contributed by atoms with Crippen molar-refractivity contribution in [1.29, 1.82) is 0 Å². The smallest absolute Gasteiger partial charge is 0.357 e. The first-order valence-corrected chi connectivity index (χ1v) is 12.9. The van der Waals surface area contributed by atoms with Crippen molar-refractivity contribution in [2.45, 2.75) is 32.1 Å². The van der Waals surface area contributed by atoms with Crippen molar-refractivity contribution >= 4 is 50.7 Å². The molecule has 0 spiro atoms. The molecule has 192 valence electrons. The van der Waals surface area contributed by atoms with Crippen molar-refractivity contribution in [3.8, 4) is 0 Å². The normalized spacial score (nSPS) is 12.7. The third kappa shape index (κ3) is 7.49. The largest absolute Gasteiger partial charge is 0.416 e. The Morgan fingerprint density at radius 3 is 2.26 bits per heavy atom. The van der Waals surface area contributed by atoms with E-state index in [1.807, 2.05) is 0 Å². The van der Waals surface area contributed by atoms with Gasteiger partial charge in [-0.3, -0.25) is 13.9 Å². The zero-order chi connectivity index (χ0) is 26.6. The van der Waals surface area contributed by atoms with Gasteiger partial charge in [0.05, 0.1) is 27.6 Å². The molecule has 13 heteroatoms. The maximum atomic E-state index is 13.4. The summed E-state index contributed by atoms with van der Waals surface area (Å²) in [6, 6.07) is 7.26. The van der Waals surface area contributed by atoms with Crippen molar-refractivity contribution in [1.82, 2.24) is 10.2 Å². The monoisotopic (exact) mass is 553 g/mol. The zero-order valence-corrected chi connectivity index (χ0v) is 21.4. The molecule has 2 aromatic carbocycles. The van der Waals surface area contributed by atoms with E-state index in [1.165, 1.54) is 19.2 Å². The van der Waals surface area contributed by atoms with Crippen LogP contribution >= 0.6 is 23.2 Å². The van der Waals surface area contributed by atoms with Crippen LogP contribution in [0.5, 0.6) is 0 Å². The summed E-state index contributed by atoms with van der Waals surface area (Å²) in [5, 5.41) is 2.95. The van der Waals surface area contributed by atoms with Crippen LogP contribution in [0.15, 0.2) is 42.5 Å². The number of sulfonamides is 1. The molecule has 0 fully saturated rings. The van der Waals surface area contributed by atoms with Crippen LogP contribution in [0.1, 0.15) is 24.5 Å². The molecule has 0 heterocycles. The van der Waals surface area contributed by atoms with Crippen LogP contribution in [0.25, 0.3) is 0 Å². The zero-order valence-electron chi connectivity index (χ0n) is 19.1. The Labute approximate surface area is 211 Å². The third-order valence-electron chi connectivity index (χ3n) is 5.11. The lowest BCUT2D eigenvalue weighted by atomic mass is 10.1. The van der Waals surface area contributed by atoms with Gasteiger partial charge in [-0.15, -0.1) is 0 Å². The van der Waals surface area contributed by atoms with Crippen molar-refractivity contribution in [3.63, 3.8) is 0 Å². The summed E-state index contributed by atoms with van der Waals surface area (Å²) in [5.41, 5.74) is -0.890. The minimum atomic E-state index is -4.71. The van der Waals surface area contributed by atoms with Crippen LogP contribution in [-0.2, 0) is 32.3 Å². The second kappa shape index (κ2) is 11.5. The molecule has 2 amide bonds. The fourth-order valence-electron chi connectivity index (χ4n) is 3.37. The average molecular weight is 554 g/mol. The highest BCUT2D eigenvalue weighted by Gasteiger charge is 2.34. The number of halogens is 5. The Bertz CT molecular complexity index is 1190. The highest BCUT2D eigenvalue weighted by Crippen LogP contribution is 2.32.